The van der Waals surface area contributed by atoms with Crippen molar-refractivity contribution < 1.29 is 4.79 Å². The van der Waals surface area contributed by atoms with Crippen LogP contribution in [-0.2, 0) is 0 Å². The van der Waals surface area contributed by atoms with E-state index in [1.807, 2.05) is 41.6 Å². The molecule has 0 aliphatic carbocycles. The molecule has 0 unspecified atom stereocenters. The van der Waals surface area contributed by atoms with Gasteiger partial charge >= 0.3 is 0 Å². The summed E-state index contributed by atoms with van der Waals surface area (Å²) in [6.07, 6.45) is 8.97. The van der Waals surface area contributed by atoms with Crippen molar-refractivity contribution in [1.82, 2.24) is 29.5 Å². The molecular weight excluding hydrogens is 352 g/mol. The molecule has 4 aromatic rings. The van der Waals surface area contributed by atoms with Crippen LogP contribution in [0.25, 0.3) is 16.9 Å². The Kier molecular flexibility index (Phi) is 4.12. The quantitative estimate of drug-likeness (QED) is 0.599. The van der Waals surface area contributed by atoms with E-state index in [4.69, 9.17) is 0 Å². The first-order valence-corrected chi connectivity index (χ1v) is 9.47. The van der Waals surface area contributed by atoms with Gasteiger partial charge in [0.05, 0.1) is 6.20 Å². The summed E-state index contributed by atoms with van der Waals surface area (Å²) in [7, 11) is 0. The van der Waals surface area contributed by atoms with Gasteiger partial charge in [0.1, 0.15) is 5.69 Å². The van der Waals surface area contributed by atoms with Gasteiger partial charge in [-0.2, -0.15) is 5.10 Å². The van der Waals surface area contributed by atoms with E-state index in [9.17, 15) is 4.79 Å². The fourth-order valence-corrected chi connectivity index (χ4v) is 3.92. The van der Waals surface area contributed by atoms with Crippen LogP contribution < -0.4 is 0 Å². The second-order valence-corrected chi connectivity index (χ2v) is 7.08. The van der Waals surface area contributed by atoms with Crippen molar-refractivity contribution in [3.8, 4) is 11.1 Å². The first-order chi connectivity index (χ1) is 13.8. The van der Waals surface area contributed by atoms with Crippen molar-refractivity contribution in [3.63, 3.8) is 0 Å². The summed E-state index contributed by atoms with van der Waals surface area (Å²) in [5, 5.41) is 7.46. The Balaban J connectivity index is 1.31. The molecule has 7 nitrogen and oxygen atoms in total. The van der Waals surface area contributed by atoms with Crippen LogP contribution in [0, 0.1) is 0 Å². The van der Waals surface area contributed by atoms with E-state index in [2.05, 4.69) is 32.3 Å². The van der Waals surface area contributed by atoms with E-state index in [0.29, 0.717) is 30.5 Å². The van der Waals surface area contributed by atoms with Crippen LogP contribution in [0.3, 0.4) is 0 Å². The molecule has 0 saturated carbocycles. The fraction of sp³-hybridized carbons (Fsp3) is 0.238. The molecule has 0 radical (unpaired) electrons. The molecule has 0 bridgehead atoms. The molecule has 1 saturated heterocycles. The number of nitrogens with zero attached hydrogens (tertiary/aromatic N) is 5. The maximum Gasteiger partial charge on any atom is 0.274 e. The highest BCUT2D eigenvalue weighted by atomic mass is 16.2. The van der Waals surface area contributed by atoms with Gasteiger partial charge < -0.3 is 4.90 Å². The van der Waals surface area contributed by atoms with Crippen LogP contribution in [0.4, 0.5) is 0 Å². The number of hydrogen-bond donors (Lipinski definition) is 1. The zero-order valence-electron chi connectivity index (χ0n) is 15.3. The van der Waals surface area contributed by atoms with Crippen LogP contribution in [0.2, 0.25) is 0 Å². The molecule has 140 valence electrons. The average Bonchev–Trinajstić information content (AvgIpc) is 3.41. The predicted molar refractivity (Wildman–Crippen MR) is 105 cm³/mol. The normalized spacial score (nSPS) is 15.2. The number of hydrogen-bond acceptors (Lipinski definition) is 4. The number of rotatable bonds is 3. The fourth-order valence-electron chi connectivity index (χ4n) is 3.92. The number of likely N-dealkylation sites (tertiary alicyclic amines) is 1. The van der Waals surface area contributed by atoms with Crippen molar-refractivity contribution in [2.75, 3.05) is 13.1 Å². The third kappa shape index (κ3) is 2.94. The minimum atomic E-state index is -0.0307. The molecule has 0 spiro atoms. The Morgan fingerprint density at radius 1 is 1.11 bits per heavy atom. The van der Waals surface area contributed by atoms with Crippen molar-refractivity contribution in [3.05, 3.63) is 72.6 Å². The van der Waals surface area contributed by atoms with Gasteiger partial charge in [0.2, 0.25) is 5.78 Å². The number of fused-ring (bicyclic) bond motifs is 1. The maximum absolute atomic E-state index is 12.9. The topological polar surface area (TPSA) is 79.2 Å². The minimum absolute atomic E-state index is 0.0307. The summed E-state index contributed by atoms with van der Waals surface area (Å²) in [5.41, 5.74) is 3.93. The summed E-state index contributed by atoms with van der Waals surface area (Å²) in [6, 6.07) is 12.1. The molecular formula is C21H20N6O. The van der Waals surface area contributed by atoms with Crippen molar-refractivity contribution in [2.45, 2.75) is 18.8 Å². The largest absolute Gasteiger partial charge is 0.337 e. The van der Waals surface area contributed by atoms with E-state index in [1.54, 1.807) is 16.8 Å². The summed E-state index contributed by atoms with van der Waals surface area (Å²) in [6.45, 7) is 1.41. The first kappa shape index (κ1) is 16.7. The summed E-state index contributed by atoms with van der Waals surface area (Å²) in [5.74, 6) is 0.882. The van der Waals surface area contributed by atoms with Crippen molar-refractivity contribution in [1.29, 1.82) is 0 Å². The van der Waals surface area contributed by atoms with E-state index >= 15 is 0 Å². The third-order valence-corrected chi connectivity index (χ3v) is 5.40. The number of nitrogens with one attached hydrogen (secondary N) is 1. The van der Waals surface area contributed by atoms with Gasteiger partial charge in [-0.3, -0.25) is 14.3 Å². The second kappa shape index (κ2) is 6.92. The average molecular weight is 372 g/mol. The van der Waals surface area contributed by atoms with E-state index in [1.165, 1.54) is 5.56 Å². The Labute approximate surface area is 162 Å². The number of carbonyl (C=O) groups is 1. The number of H-pyrrole nitrogens is 1. The van der Waals surface area contributed by atoms with E-state index < -0.39 is 0 Å². The highest BCUT2D eigenvalue weighted by molar-refractivity contribution is 5.92. The molecule has 1 fully saturated rings. The monoisotopic (exact) mass is 372 g/mol. The van der Waals surface area contributed by atoms with Gasteiger partial charge in [0.15, 0.2) is 0 Å². The van der Waals surface area contributed by atoms with Crippen molar-refractivity contribution >= 4 is 11.7 Å². The van der Waals surface area contributed by atoms with Crippen LogP contribution in [-0.4, -0.2) is 48.5 Å². The molecule has 1 aromatic carbocycles. The van der Waals surface area contributed by atoms with E-state index in [-0.39, 0.29) is 5.91 Å². The van der Waals surface area contributed by atoms with Crippen LogP contribution in [0.5, 0.6) is 0 Å². The molecule has 3 aromatic heterocycles. The Morgan fingerprint density at radius 3 is 2.71 bits per heavy atom. The number of benzene rings is 1. The third-order valence-electron chi connectivity index (χ3n) is 5.40. The Bertz CT molecular complexity index is 1080. The number of aromatic amines is 1. The van der Waals surface area contributed by atoms with Crippen LogP contribution >= 0.6 is 0 Å². The smallest absolute Gasteiger partial charge is 0.274 e. The Morgan fingerprint density at radius 2 is 1.93 bits per heavy atom. The number of carbonyl (C=O) groups excluding carboxylic acids is 1. The number of aromatic nitrogens is 5. The molecule has 1 N–H and O–H groups in total. The summed E-state index contributed by atoms with van der Waals surface area (Å²) < 4.78 is 1.77. The number of amides is 1. The maximum atomic E-state index is 12.9. The molecule has 1 aliphatic heterocycles. The highest BCUT2D eigenvalue weighted by Gasteiger charge is 2.28. The second-order valence-electron chi connectivity index (χ2n) is 7.08. The molecule has 1 amide bonds. The predicted octanol–water partition coefficient (Wildman–Crippen LogP) is 3.14. The van der Waals surface area contributed by atoms with Crippen LogP contribution in [0.15, 0.2) is 61.2 Å². The minimum Gasteiger partial charge on any atom is -0.337 e. The molecule has 1 aliphatic rings. The van der Waals surface area contributed by atoms with E-state index in [0.717, 1.165) is 24.1 Å². The highest BCUT2D eigenvalue weighted by Crippen LogP contribution is 2.34. The molecule has 5 rings (SSSR count). The lowest BCUT2D eigenvalue weighted by atomic mass is 9.89. The van der Waals surface area contributed by atoms with Crippen molar-refractivity contribution in [2.24, 2.45) is 0 Å². The van der Waals surface area contributed by atoms with Gasteiger partial charge in [0.25, 0.3) is 5.91 Å². The lowest BCUT2D eigenvalue weighted by molar-refractivity contribution is 0.0707. The molecule has 28 heavy (non-hydrogen) atoms. The van der Waals surface area contributed by atoms with Gasteiger partial charge in [0, 0.05) is 48.9 Å². The zero-order valence-corrected chi connectivity index (χ0v) is 15.3. The summed E-state index contributed by atoms with van der Waals surface area (Å²) in [4.78, 5) is 23.3. The zero-order chi connectivity index (χ0) is 18.9. The molecule has 0 atom stereocenters. The Hall–Kier alpha value is -3.48. The number of piperidine rings is 1. The number of imidazole rings is 1. The molecule has 4 heterocycles. The van der Waals surface area contributed by atoms with Gasteiger partial charge in [-0.15, -0.1) is 0 Å². The molecule has 7 heteroatoms. The first-order valence-electron chi connectivity index (χ1n) is 9.47. The van der Waals surface area contributed by atoms with Crippen LogP contribution in [0.1, 0.15) is 34.9 Å². The lowest BCUT2D eigenvalue weighted by Gasteiger charge is -2.31. The SMILES string of the molecule is O=C(c1cn2cccnc2n1)N1CCC(c2[nH]ncc2-c2ccccc2)CC1. The van der Waals surface area contributed by atoms with Gasteiger partial charge in [-0.1, -0.05) is 30.3 Å². The lowest BCUT2D eigenvalue weighted by Crippen LogP contribution is -2.38. The standard InChI is InChI=1S/C21H20N6O/c28-20(18-14-27-10-4-9-22-21(27)24-18)26-11-7-16(8-12-26)19-17(13-23-25-19)15-5-2-1-3-6-15/h1-6,9-10,13-14,16H,7-8,11-12H2,(H,23,25). The summed E-state index contributed by atoms with van der Waals surface area (Å²) >= 11 is 0. The van der Waals surface area contributed by atoms with Gasteiger partial charge in [-0.05, 0) is 24.5 Å². The van der Waals surface area contributed by atoms with Gasteiger partial charge in [-0.25, -0.2) is 9.97 Å².